The molecule has 8 aliphatic rings. The third kappa shape index (κ3) is 5.06. The molecule has 0 atom stereocenters. The third-order valence-corrected chi connectivity index (χ3v) is 12.4. The van der Waals surface area contributed by atoms with Crippen LogP contribution in [-0.4, -0.2) is 36.4 Å². The largest absolute Gasteiger partial charge is 0.481 e. The van der Waals surface area contributed by atoms with E-state index in [-0.39, 0.29) is 36.4 Å². The predicted octanol–water partition coefficient (Wildman–Crippen LogP) is 8.43. The van der Waals surface area contributed by atoms with Gasteiger partial charge in [-0.3, -0.25) is 0 Å². The maximum atomic E-state index is 13.3. The highest BCUT2D eigenvalue weighted by molar-refractivity contribution is 6.31. The van der Waals surface area contributed by atoms with Crippen molar-refractivity contribution in [2.75, 3.05) is 13.2 Å². The highest BCUT2D eigenvalue weighted by Crippen LogP contribution is 2.58. The first kappa shape index (κ1) is 28.3. The third-order valence-electron chi connectivity index (χ3n) is 12.2. The predicted molar refractivity (Wildman–Crippen MR) is 171 cm³/mol. The Hall–Kier alpha value is -2.99. The molecule has 7 heteroatoms. The van der Waals surface area contributed by atoms with E-state index in [1.165, 1.54) is 38.5 Å². The summed E-state index contributed by atoms with van der Waals surface area (Å²) in [5, 5.41) is 3.64. The molecule has 0 aromatic heterocycles. The molecular formula is C38H41ClO6. The molecule has 3 aromatic carbocycles. The van der Waals surface area contributed by atoms with E-state index in [1.807, 2.05) is 42.5 Å². The lowest BCUT2D eigenvalue weighted by molar-refractivity contribution is -0.189. The van der Waals surface area contributed by atoms with Crippen LogP contribution in [0.1, 0.15) is 77.0 Å². The second kappa shape index (κ2) is 10.5. The Morgan fingerprint density at radius 2 is 0.956 bits per heavy atom. The number of halogens is 1. The maximum Gasteiger partial charge on any atom is 0.344 e. The van der Waals surface area contributed by atoms with Gasteiger partial charge >= 0.3 is 11.9 Å². The molecule has 0 N–H and O–H groups in total. The van der Waals surface area contributed by atoms with Crippen LogP contribution < -0.4 is 9.47 Å². The van der Waals surface area contributed by atoms with Gasteiger partial charge in [0, 0.05) is 26.6 Å². The summed E-state index contributed by atoms with van der Waals surface area (Å²) in [6, 6.07) is 13.3. The Labute approximate surface area is 269 Å². The minimum atomic E-state index is -0.316. The number of carbonyl (C=O) groups excluding carboxylic acids is 2. The molecule has 11 rings (SSSR count). The first-order valence-corrected chi connectivity index (χ1v) is 17.5. The van der Waals surface area contributed by atoms with E-state index in [4.69, 9.17) is 30.5 Å². The van der Waals surface area contributed by atoms with E-state index in [0.717, 1.165) is 60.1 Å². The highest BCUT2D eigenvalue weighted by Gasteiger charge is 2.54. The average molecular weight is 629 g/mol. The van der Waals surface area contributed by atoms with Gasteiger partial charge in [-0.05, 0) is 131 Å². The van der Waals surface area contributed by atoms with Crippen molar-refractivity contribution in [3.8, 4) is 11.5 Å². The molecule has 0 aliphatic heterocycles. The van der Waals surface area contributed by atoms with E-state index in [2.05, 4.69) is 0 Å². The Bertz CT molecular complexity index is 1620. The van der Waals surface area contributed by atoms with Crippen molar-refractivity contribution >= 4 is 45.1 Å². The summed E-state index contributed by atoms with van der Waals surface area (Å²) < 4.78 is 25.1. The van der Waals surface area contributed by atoms with Crippen molar-refractivity contribution in [1.29, 1.82) is 0 Å². The van der Waals surface area contributed by atoms with Gasteiger partial charge in [-0.25, -0.2) is 9.59 Å². The van der Waals surface area contributed by atoms with Crippen LogP contribution in [0.2, 0.25) is 5.02 Å². The highest BCUT2D eigenvalue weighted by atomic mass is 35.5. The Balaban J connectivity index is 0.958. The number of hydrogen-bond acceptors (Lipinski definition) is 6. The molecule has 0 unspecified atom stereocenters. The molecule has 3 aromatic rings. The molecule has 8 bridgehead atoms. The molecule has 0 heterocycles. The monoisotopic (exact) mass is 628 g/mol. The first-order valence-electron chi connectivity index (χ1n) is 17.1. The van der Waals surface area contributed by atoms with Gasteiger partial charge < -0.3 is 18.9 Å². The molecule has 236 valence electrons. The van der Waals surface area contributed by atoms with Crippen LogP contribution in [0.4, 0.5) is 0 Å². The van der Waals surface area contributed by atoms with Gasteiger partial charge in [-0.15, -0.1) is 0 Å². The lowest BCUT2D eigenvalue weighted by Gasteiger charge is -2.55. The van der Waals surface area contributed by atoms with Gasteiger partial charge in [0.1, 0.15) is 22.7 Å². The average Bonchev–Trinajstić information content (AvgIpc) is 2.97. The number of ether oxygens (including phenoxy) is 4. The number of fused-ring (bicyclic) bond motifs is 2. The number of rotatable bonds is 8. The zero-order chi connectivity index (χ0) is 30.3. The number of hydrogen-bond donors (Lipinski definition) is 0. The molecule has 8 aliphatic carbocycles. The van der Waals surface area contributed by atoms with Gasteiger partial charge in [-0.1, -0.05) is 35.9 Å². The Morgan fingerprint density at radius 3 is 1.38 bits per heavy atom. The van der Waals surface area contributed by atoms with Crippen LogP contribution in [0.25, 0.3) is 21.5 Å². The van der Waals surface area contributed by atoms with E-state index in [9.17, 15) is 9.59 Å². The normalized spacial score (nSPS) is 35.6. The molecule has 0 spiro atoms. The summed E-state index contributed by atoms with van der Waals surface area (Å²) in [5.74, 6) is 4.68. The van der Waals surface area contributed by atoms with Gasteiger partial charge in [0.2, 0.25) is 0 Å². The van der Waals surface area contributed by atoms with Crippen molar-refractivity contribution in [3.63, 3.8) is 0 Å². The molecule has 0 radical (unpaired) electrons. The minimum absolute atomic E-state index is 0.166. The summed E-state index contributed by atoms with van der Waals surface area (Å²) in [7, 11) is 0. The van der Waals surface area contributed by atoms with Crippen LogP contribution in [0.5, 0.6) is 11.5 Å². The van der Waals surface area contributed by atoms with E-state index < -0.39 is 0 Å². The number of benzene rings is 3. The summed E-state index contributed by atoms with van der Waals surface area (Å²) >= 11 is 6.50. The van der Waals surface area contributed by atoms with Crippen molar-refractivity contribution in [2.24, 2.45) is 35.5 Å². The van der Waals surface area contributed by atoms with Crippen LogP contribution >= 0.6 is 11.6 Å². The second-order valence-corrected chi connectivity index (χ2v) is 16.1. The Morgan fingerprint density at radius 1 is 0.578 bits per heavy atom. The molecule has 0 saturated heterocycles. The van der Waals surface area contributed by atoms with E-state index in [0.29, 0.717) is 52.0 Å². The van der Waals surface area contributed by atoms with Crippen LogP contribution in [0, 0.1) is 35.5 Å². The topological polar surface area (TPSA) is 71.1 Å². The van der Waals surface area contributed by atoms with Crippen molar-refractivity contribution in [3.05, 3.63) is 47.5 Å². The number of esters is 2. The zero-order valence-electron chi connectivity index (χ0n) is 25.7. The molecule has 45 heavy (non-hydrogen) atoms. The van der Waals surface area contributed by atoms with Gasteiger partial charge in [-0.2, -0.15) is 0 Å². The fraction of sp³-hybridized carbons (Fsp3) is 0.579. The fourth-order valence-electron chi connectivity index (χ4n) is 11.5. The van der Waals surface area contributed by atoms with Crippen molar-refractivity contribution in [2.45, 2.75) is 88.3 Å². The van der Waals surface area contributed by atoms with Crippen LogP contribution in [-0.2, 0) is 19.1 Å². The summed E-state index contributed by atoms with van der Waals surface area (Å²) in [5.41, 5.74) is -0.625. The minimum Gasteiger partial charge on any atom is -0.481 e. The molecule has 6 nitrogen and oxygen atoms in total. The quantitative estimate of drug-likeness (QED) is 0.184. The SMILES string of the molecule is O=C(COc1c2ccccc2c(OCC(=O)OC23CC4CC(CC(C4)C2)C3)c2cc(Cl)ccc12)OC12CC3CC(CC(C3)C1)C2. The van der Waals surface area contributed by atoms with E-state index >= 15 is 0 Å². The van der Waals surface area contributed by atoms with Crippen molar-refractivity contribution in [1.82, 2.24) is 0 Å². The lowest BCUT2D eigenvalue weighted by atomic mass is 9.54. The van der Waals surface area contributed by atoms with Gasteiger partial charge in [0.15, 0.2) is 13.2 Å². The van der Waals surface area contributed by atoms with Crippen molar-refractivity contribution < 1.29 is 28.5 Å². The van der Waals surface area contributed by atoms with Gasteiger partial charge in [0.05, 0.1) is 0 Å². The standard InChI is InChI=1S/C38H41ClO6/c39-28-5-6-31-32(13-28)36(43-21-34(41)45-38-17-25-10-26(18-38)12-27(11-25)19-38)30-4-2-1-3-29(30)35(31)42-20-33(40)44-37-14-22-7-23(15-37)9-24(8-22)16-37/h1-6,13,22-27H,7-12,14-21H2. The maximum absolute atomic E-state index is 13.3. The zero-order valence-corrected chi connectivity index (χ0v) is 26.5. The summed E-state index contributed by atoms with van der Waals surface area (Å²) in [4.78, 5) is 26.6. The van der Waals surface area contributed by atoms with Crippen LogP contribution in [0.3, 0.4) is 0 Å². The fourth-order valence-corrected chi connectivity index (χ4v) is 11.7. The molecular weight excluding hydrogens is 588 g/mol. The lowest BCUT2D eigenvalue weighted by Crippen LogP contribution is -2.53. The summed E-state index contributed by atoms with van der Waals surface area (Å²) in [6.45, 7) is -0.341. The molecule has 8 fully saturated rings. The smallest absolute Gasteiger partial charge is 0.344 e. The summed E-state index contributed by atoms with van der Waals surface area (Å²) in [6.07, 6.45) is 13.7. The number of carbonyl (C=O) groups is 2. The van der Waals surface area contributed by atoms with Gasteiger partial charge in [0.25, 0.3) is 0 Å². The first-order chi connectivity index (χ1) is 21.8. The molecule has 8 saturated carbocycles. The van der Waals surface area contributed by atoms with E-state index in [1.54, 1.807) is 0 Å². The molecule has 0 amide bonds. The Kier molecular flexibility index (Phi) is 6.60. The second-order valence-electron chi connectivity index (χ2n) is 15.6. The van der Waals surface area contributed by atoms with Crippen LogP contribution in [0.15, 0.2) is 42.5 Å².